The van der Waals surface area contributed by atoms with Gasteiger partial charge in [0, 0.05) is 0 Å². The summed E-state index contributed by atoms with van der Waals surface area (Å²) in [6.07, 6.45) is -10.3. The van der Waals surface area contributed by atoms with Crippen molar-refractivity contribution in [2.45, 2.75) is 12.3 Å². The van der Waals surface area contributed by atoms with E-state index in [0.29, 0.717) is 6.20 Å². The summed E-state index contributed by atoms with van der Waals surface area (Å²) in [5, 5.41) is 0. The van der Waals surface area contributed by atoms with Gasteiger partial charge in [0.05, 0.1) is 6.20 Å². The molecule has 1 aromatic rings. The highest BCUT2D eigenvalue weighted by molar-refractivity contribution is 5.85. The van der Waals surface area contributed by atoms with E-state index in [4.69, 9.17) is 5.73 Å². The van der Waals surface area contributed by atoms with Gasteiger partial charge in [-0.05, 0) is 12.1 Å². The maximum absolute atomic E-state index is 12.3. The Balaban J connectivity index is 0.00000225. The quantitative estimate of drug-likeness (QED) is 0.836. The third-order valence-corrected chi connectivity index (χ3v) is 1.34. The van der Waals surface area contributed by atoms with Crippen molar-refractivity contribution in [2.24, 2.45) is 0 Å². The first kappa shape index (κ1) is 14.7. The second-order valence-corrected chi connectivity index (χ2v) is 2.54. The predicted molar refractivity (Wildman–Crippen MR) is 47.5 cm³/mol. The van der Waals surface area contributed by atoms with Gasteiger partial charge in [0.2, 0.25) is 0 Å². The van der Waals surface area contributed by atoms with Crippen LogP contribution in [0, 0.1) is 0 Å². The molecule has 0 amide bonds. The number of alkyl halides is 5. The van der Waals surface area contributed by atoms with Crippen LogP contribution < -0.4 is 10.5 Å². The van der Waals surface area contributed by atoms with E-state index in [1.54, 1.807) is 0 Å². The van der Waals surface area contributed by atoms with Gasteiger partial charge in [0.15, 0.2) is 0 Å². The number of ether oxygens (including phenoxy) is 1. The number of anilines is 1. The number of halogens is 6. The SMILES string of the molecule is Cl.Nc1ccc(OC(F)(F)C(F)(F)F)cn1. The van der Waals surface area contributed by atoms with Gasteiger partial charge in [-0.1, -0.05) is 0 Å². The predicted octanol–water partition coefficient (Wildman–Crippen LogP) is 2.62. The zero-order chi connectivity index (χ0) is 11.7. The molecule has 16 heavy (non-hydrogen) atoms. The van der Waals surface area contributed by atoms with Crippen molar-refractivity contribution in [3.05, 3.63) is 18.3 Å². The Morgan fingerprint density at radius 2 is 1.69 bits per heavy atom. The molecule has 0 aliphatic heterocycles. The normalized spacial score (nSPS) is 11.8. The number of hydrogen-bond donors (Lipinski definition) is 1. The lowest BCUT2D eigenvalue weighted by atomic mass is 10.4. The van der Waals surface area contributed by atoms with E-state index in [1.165, 1.54) is 0 Å². The Hall–Kier alpha value is -1.31. The molecule has 92 valence electrons. The van der Waals surface area contributed by atoms with E-state index in [9.17, 15) is 22.0 Å². The summed E-state index contributed by atoms with van der Waals surface area (Å²) in [6.45, 7) is 0. The molecule has 9 heteroatoms. The fraction of sp³-hybridized carbons (Fsp3) is 0.286. The second kappa shape index (κ2) is 4.69. The number of pyridine rings is 1. The monoisotopic (exact) mass is 264 g/mol. The summed E-state index contributed by atoms with van der Waals surface area (Å²) >= 11 is 0. The molecule has 1 rings (SSSR count). The smallest absolute Gasteiger partial charge is 0.424 e. The average Bonchev–Trinajstić information content (AvgIpc) is 2.06. The van der Waals surface area contributed by atoms with E-state index in [1.807, 2.05) is 0 Å². The molecule has 0 fully saturated rings. The van der Waals surface area contributed by atoms with Crippen molar-refractivity contribution >= 4 is 18.2 Å². The van der Waals surface area contributed by atoms with E-state index < -0.39 is 18.0 Å². The highest BCUT2D eigenvalue weighted by atomic mass is 35.5. The molecular weight excluding hydrogens is 259 g/mol. The molecule has 2 N–H and O–H groups in total. The minimum absolute atomic E-state index is 0. The molecule has 0 saturated carbocycles. The van der Waals surface area contributed by atoms with Crippen molar-refractivity contribution in [1.82, 2.24) is 4.98 Å². The summed E-state index contributed by atoms with van der Waals surface area (Å²) in [4.78, 5) is 3.30. The minimum atomic E-state index is -5.77. The van der Waals surface area contributed by atoms with Crippen LogP contribution in [0.5, 0.6) is 5.75 Å². The molecule has 1 aromatic heterocycles. The number of nitrogen functional groups attached to an aromatic ring is 1. The molecule has 0 saturated heterocycles. The minimum Gasteiger partial charge on any atom is -0.424 e. The van der Waals surface area contributed by atoms with E-state index in [0.717, 1.165) is 12.1 Å². The maximum atomic E-state index is 12.3. The summed E-state index contributed by atoms with van der Waals surface area (Å²) in [6, 6.07) is 1.91. The van der Waals surface area contributed by atoms with Gasteiger partial charge in [-0.25, -0.2) is 4.98 Å². The molecular formula is C7H6ClF5N2O. The van der Waals surface area contributed by atoms with Crippen LogP contribution in [0.2, 0.25) is 0 Å². The number of nitrogens with two attached hydrogens (primary N) is 1. The van der Waals surface area contributed by atoms with Gasteiger partial charge < -0.3 is 10.5 Å². The molecule has 0 aliphatic carbocycles. The van der Waals surface area contributed by atoms with Crippen LogP contribution in [0.3, 0.4) is 0 Å². The Labute approximate surface area is 92.8 Å². The molecule has 0 radical (unpaired) electrons. The zero-order valence-corrected chi connectivity index (χ0v) is 8.28. The molecule has 0 bridgehead atoms. The van der Waals surface area contributed by atoms with Crippen LogP contribution in [0.1, 0.15) is 0 Å². The van der Waals surface area contributed by atoms with Crippen molar-refractivity contribution in [1.29, 1.82) is 0 Å². The molecule has 0 spiro atoms. The van der Waals surface area contributed by atoms with E-state index >= 15 is 0 Å². The Morgan fingerprint density at radius 1 is 1.12 bits per heavy atom. The molecule has 0 unspecified atom stereocenters. The Bertz CT molecular complexity index is 340. The maximum Gasteiger partial charge on any atom is 0.499 e. The molecule has 0 atom stereocenters. The first-order valence-electron chi connectivity index (χ1n) is 3.57. The van der Waals surface area contributed by atoms with Crippen LogP contribution in [0.25, 0.3) is 0 Å². The van der Waals surface area contributed by atoms with Crippen LogP contribution >= 0.6 is 12.4 Å². The zero-order valence-electron chi connectivity index (χ0n) is 7.46. The standard InChI is InChI=1S/C7H5F5N2O.ClH/c8-6(9,10)7(11,12)15-4-1-2-5(13)14-3-4;/h1-3H,(H2,13,14);1H. The topological polar surface area (TPSA) is 48.1 Å². The number of rotatable bonds is 2. The third-order valence-electron chi connectivity index (χ3n) is 1.34. The lowest BCUT2D eigenvalue weighted by Gasteiger charge is -2.19. The van der Waals surface area contributed by atoms with Crippen molar-refractivity contribution in [3.8, 4) is 5.75 Å². The van der Waals surface area contributed by atoms with Crippen molar-refractivity contribution in [3.63, 3.8) is 0 Å². The third kappa shape index (κ3) is 3.37. The fourth-order valence-electron chi connectivity index (χ4n) is 0.658. The lowest BCUT2D eigenvalue weighted by molar-refractivity contribution is -0.360. The summed E-state index contributed by atoms with van der Waals surface area (Å²) < 4.78 is 63.1. The summed E-state index contributed by atoms with van der Waals surface area (Å²) in [7, 11) is 0. The Morgan fingerprint density at radius 3 is 2.06 bits per heavy atom. The van der Waals surface area contributed by atoms with Gasteiger partial charge in [0.25, 0.3) is 0 Å². The number of nitrogens with zero attached hydrogens (tertiary/aromatic N) is 1. The first-order valence-corrected chi connectivity index (χ1v) is 3.57. The summed E-state index contributed by atoms with van der Waals surface area (Å²) in [5.74, 6) is -0.732. The van der Waals surface area contributed by atoms with E-state index in [2.05, 4.69) is 9.72 Å². The molecule has 0 aliphatic rings. The van der Waals surface area contributed by atoms with Crippen molar-refractivity contribution < 1.29 is 26.7 Å². The van der Waals surface area contributed by atoms with Crippen LogP contribution in [0.4, 0.5) is 27.8 Å². The van der Waals surface area contributed by atoms with Gasteiger partial charge >= 0.3 is 12.3 Å². The van der Waals surface area contributed by atoms with Gasteiger partial charge in [-0.15, -0.1) is 12.4 Å². The van der Waals surface area contributed by atoms with Crippen molar-refractivity contribution in [2.75, 3.05) is 5.73 Å². The van der Waals surface area contributed by atoms with Gasteiger partial charge in [0.1, 0.15) is 11.6 Å². The molecule has 3 nitrogen and oxygen atoms in total. The fourth-order valence-corrected chi connectivity index (χ4v) is 0.658. The lowest BCUT2D eigenvalue weighted by Crippen LogP contribution is -2.41. The Kier molecular flexibility index (Phi) is 4.30. The molecule has 1 heterocycles. The van der Waals surface area contributed by atoms with Crippen LogP contribution in [-0.2, 0) is 0 Å². The second-order valence-electron chi connectivity index (χ2n) is 2.54. The van der Waals surface area contributed by atoms with Gasteiger partial charge in [-0.2, -0.15) is 22.0 Å². The summed E-state index contributed by atoms with van der Waals surface area (Å²) in [5.41, 5.74) is 5.10. The van der Waals surface area contributed by atoms with Gasteiger partial charge in [-0.3, -0.25) is 0 Å². The largest absolute Gasteiger partial charge is 0.499 e. The molecule has 0 aromatic carbocycles. The van der Waals surface area contributed by atoms with E-state index in [-0.39, 0.29) is 18.2 Å². The highest BCUT2D eigenvalue weighted by Gasteiger charge is 2.61. The highest BCUT2D eigenvalue weighted by Crippen LogP contribution is 2.36. The van der Waals surface area contributed by atoms with Crippen LogP contribution in [-0.4, -0.2) is 17.3 Å². The number of hydrogen-bond acceptors (Lipinski definition) is 3. The van der Waals surface area contributed by atoms with Crippen LogP contribution in [0.15, 0.2) is 18.3 Å². The first-order chi connectivity index (χ1) is 6.72. The average molecular weight is 265 g/mol. The number of aromatic nitrogens is 1.